The lowest BCUT2D eigenvalue weighted by Gasteiger charge is -2.24. The molecule has 0 unspecified atom stereocenters. The lowest BCUT2D eigenvalue weighted by molar-refractivity contribution is 0.243. The number of nitrogens with zero attached hydrogens (tertiary/aromatic N) is 2. The zero-order valence-corrected chi connectivity index (χ0v) is 14.1. The molecule has 0 radical (unpaired) electrons. The molecule has 0 aliphatic heterocycles. The summed E-state index contributed by atoms with van der Waals surface area (Å²) in [5.41, 5.74) is 1.77. The van der Waals surface area contributed by atoms with Gasteiger partial charge in [-0.15, -0.1) is 0 Å². The SMILES string of the molecule is COc1cccc(CN(C)[C@@H](C)c2nc3ccccc3c(=O)[nH]2)c1. The number of aromatic nitrogens is 2. The zero-order valence-electron chi connectivity index (χ0n) is 14.1. The third kappa shape index (κ3) is 3.31. The summed E-state index contributed by atoms with van der Waals surface area (Å²) >= 11 is 0. The number of benzene rings is 2. The monoisotopic (exact) mass is 323 g/mol. The molecule has 0 amide bonds. The van der Waals surface area contributed by atoms with Crippen molar-refractivity contribution in [2.24, 2.45) is 0 Å². The quantitative estimate of drug-likeness (QED) is 0.784. The molecule has 24 heavy (non-hydrogen) atoms. The number of aromatic amines is 1. The van der Waals surface area contributed by atoms with Crippen molar-refractivity contribution in [3.63, 3.8) is 0 Å². The van der Waals surface area contributed by atoms with Crippen LogP contribution in [-0.4, -0.2) is 29.0 Å². The fraction of sp³-hybridized carbons (Fsp3) is 0.263. The highest BCUT2D eigenvalue weighted by molar-refractivity contribution is 5.77. The van der Waals surface area contributed by atoms with Crippen LogP contribution in [0.2, 0.25) is 0 Å². The van der Waals surface area contributed by atoms with E-state index in [1.807, 2.05) is 50.4 Å². The van der Waals surface area contributed by atoms with Gasteiger partial charge in [0.05, 0.1) is 24.1 Å². The number of nitrogens with one attached hydrogen (secondary N) is 1. The Morgan fingerprint density at radius 3 is 2.79 bits per heavy atom. The van der Waals surface area contributed by atoms with E-state index in [-0.39, 0.29) is 11.6 Å². The maximum atomic E-state index is 12.2. The highest BCUT2D eigenvalue weighted by Gasteiger charge is 2.16. The molecule has 0 aliphatic rings. The molecule has 0 saturated carbocycles. The van der Waals surface area contributed by atoms with Gasteiger partial charge in [0.15, 0.2) is 0 Å². The van der Waals surface area contributed by atoms with E-state index in [2.05, 4.69) is 20.9 Å². The summed E-state index contributed by atoms with van der Waals surface area (Å²) < 4.78 is 5.27. The van der Waals surface area contributed by atoms with Crippen LogP contribution >= 0.6 is 0 Å². The Balaban J connectivity index is 1.85. The van der Waals surface area contributed by atoms with Crippen LogP contribution in [0.15, 0.2) is 53.3 Å². The normalized spacial score (nSPS) is 12.5. The van der Waals surface area contributed by atoms with Gasteiger partial charge < -0.3 is 9.72 Å². The first kappa shape index (κ1) is 16.2. The standard InChI is InChI=1S/C19H21N3O2/c1-13(22(2)12-14-7-6-8-15(11-14)24-3)18-20-17-10-5-4-9-16(17)19(23)21-18/h4-11,13H,12H2,1-3H3,(H,20,21,23)/t13-/m0/s1. The first-order valence-electron chi connectivity index (χ1n) is 7.90. The van der Waals surface area contributed by atoms with Gasteiger partial charge in [0, 0.05) is 6.54 Å². The topological polar surface area (TPSA) is 58.2 Å². The number of ether oxygens (including phenoxy) is 1. The molecule has 0 saturated heterocycles. The van der Waals surface area contributed by atoms with Crippen molar-refractivity contribution in [3.05, 3.63) is 70.3 Å². The second-order valence-corrected chi connectivity index (χ2v) is 5.91. The second kappa shape index (κ2) is 6.84. The molecule has 3 rings (SSSR count). The maximum Gasteiger partial charge on any atom is 0.258 e. The van der Waals surface area contributed by atoms with Gasteiger partial charge >= 0.3 is 0 Å². The van der Waals surface area contributed by atoms with E-state index in [0.29, 0.717) is 11.2 Å². The highest BCUT2D eigenvalue weighted by Crippen LogP contribution is 2.20. The zero-order chi connectivity index (χ0) is 17.1. The van der Waals surface area contributed by atoms with Crippen LogP contribution in [0.3, 0.4) is 0 Å². The minimum absolute atomic E-state index is 0.0199. The number of fused-ring (bicyclic) bond motifs is 1. The third-order valence-corrected chi connectivity index (χ3v) is 4.25. The predicted molar refractivity (Wildman–Crippen MR) is 95.2 cm³/mol. The van der Waals surface area contributed by atoms with E-state index < -0.39 is 0 Å². The molecule has 0 aliphatic carbocycles. The summed E-state index contributed by atoms with van der Waals surface area (Å²) in [6.45, 7) is 2.77. The van der Waals surface area contributed by atoms with E-state index in [9.17, 15) is 4.79 Å². The molecule has 1 heterocycles. The van der Waals surface area contributed by atoms with Crippen LogP contribution in [0.1, 0.15) is 24.4 Å². The molecular formula is C19H21N3O2. The van der Waals surface area contributed by atoms with Crippen molar-refractivity contribution >= 4 is 10.9 Å². The van der Waals surface area contributed by atoms with Crippen LogP contribution in [0.4, 0.5) is 0 Å². The molecule has 2 aromatic carbocycles. The Bertz CT molecular complexity index is 904. The van der Waals surface area contributed by atoms with Gasteiger partial charge in [0.2, 0.25) is 0 Å². The molecule has 3 aromatic rings. The first-order valence-corrected chi connectivity index (χ1v) is 7.90. The van der Waals surface area contributed by atoms with E-state index in [1.165, 1.54) is 0 Å². The summed E-state index contributed by atoms with van der Waals surface area (Å²) in [4.78, 5) is 21.9. The van der Waals surface area contributed by atoms with Crippen LogP contribution in [0.5, 0.6) is 5.75 Å². The predicted octanol–water partition coefficient (Wildman–Crippen LogP) is 3.12. The van der Waals surface area contributed by atoms with Gasteiger partial charge in [-0.2, -0.15) is 0 Å². The fourth-order valence-electron chi connectivity index (χ4n) is 2.71. The van der Waals surface area contributed by atoms with Crippen molar-refractivity contribution in [1.82, 2.24) is 14.9 Å². The van der Waals surface area contributed by atoms with Gasteiger partial charge in [-0.25, -0.2) is 4.98 Å². The Labute approximate surface area is 140 Å². The van der Waals surface area contributed by atoms with E-state index in [4.69, 9.17) is 4.74 Å². The number of H-pyrrole nitrogens is 1. The molecule has 0 fully saturated rings. The van der Waals surface area contributed by atoms with Crippen molar-refractivity contribution in [3.8, 4) is 5.75 Å². The van der Waals surface area contributed by atoms with Crippen LogP contribution in [0, 0.1) is 0 Å². The Hall–Kier alpha value is -2.66. The average Bonchev–Trinajstić information content (AvgIpc) is 2.61. The number of hydrogen-bond donors (Lipinski definition) is 1. The molecule has 5 heteroatoms. The first-order chi connectivity index (χ1) is 11.6. The van der Waals surface area contributed by atoms with Crippen LogP contribution in [0.25, 0.3) is 10.9 Å². The number of rotatable bonds is 5. The Kier molecular flexibility index (Phi) is 4.62. The van der Waals surface area contributed by atoms with Crippen molar-refractivity contribution in [1.29, 1.82) is 0 Å². The minimum atomic E-state index is -0.0998. The largest absolute Gasteiger partial charge is 0.497 e. The van der Waals surface area contributed by atoms with Crippen LogP contribution in [-0.2, 0) is 6.54 Å². The van der Waals surface area contributed by atoms with Crippen molar-refractivity contribution in [2.45, 2.75) is 19.5 Å². The maximum absolute atomic E-state index is 12.2. The van der Waals surface area contributed by atoms with Gasteiger partial charge in [-0.3, -0.25) is 9.69 Å². The summed E-state index contributed by atoms with van der Waals surface area (Å²) in [6.07, 6.45) is 0. The minimum Gasteiger partial charge on any atom is -0.497 e. The fourth-order valence-corrected chi connectivity index (χ4v) is 2.71. The molecule has 124 valence electrons. The van der Waals surface area contributed by atoms with E-state index in [0.717, 1.165) is 23.4 Å². The van der Waals surface area contributed by atoms with E-state index in [1.54, 1.807) is 13.2 Å². The number of para-hydroxylation sites is 1. The number of hydrogen-bond acceptors (Lipinski definition) is 4. The van der Waals surface area contributed by atoms with Crippen molar-refractivity contribution in [2.75, 3.05) is 14.2 Å². The average molecular weight is 323 g/mol. The van der Waals surface area contributed by atoms with Gasteiger partial charge in [-0.05, 0) is 43.8 Å². The third-order valence-electron chi connectivity index (χ3n) is 4.25. The molecule has 1 aromatic heterocycles. The molecule has 0 bridgehead atoms. The summed E-state index contributed by atoms with van der Waals surface area (Å²) in [5.74, 6) is 1.51. The molecular weight excluding hydrogens is 302 g/mol. The lowest BCUT2D eigenvalue weighted by atomic mass is 10.1. The van der Waals surface area contributed by atoms with Gasteiger partial charge in [0.25, 0.3) is 5.56 Å². The molecule has 0 spiro atoms. The van der Waals surface area contributed by atoms with E-state index >= 15 is 0 Å². The Morgan fingerprint density at radius 2 is 2.00 bits per heavy atom. The highest BCUT2D eigenvalue weighted by atomic mass is 16.5. The summed E-state index contributed by atoms with van der Waals surface area (Å²) in [5, 5.41) is 0.615. The van der Waals surface area contributed by atoms with Gasteiger partial charge in [0.1, 0.15) is 11.6 Å². The Morgan fingerprint density at radius 1 is 1.21 bits per heavy atom. The smallest absolute Gasteiger partial charge is 0.258 e. The molecule has 1 atom stereocenters. The number of methoxy groups -OCH3 is 1. The van der Waals surface area contributed by atoms with Gasteiger partial charge in [-0.1, -0.05) is 24.3 Å². The lowest BCUT2D eigenvalue weighted by Crippen LogP contribution is -2.26. The summed E-state index contributed by atoms with van der Waals surface area (Å²) in [7, 11) is 3.68. The molecule has 5 nitrogen and oxygen atoms in total. The van der Waals surface area contributed by atoms with Crippen molar-refractivity contribution < 1.29 is 4.74 Å². The second-order valence-electron chi connectivity index (χ2n) is 5.91. The van der Waals surface area contributed by atoms with Crippen LogP contribution < -0.4 is 10.3 Å². The molecule has 1 N–H and O–H groups in total. The summed E-state index contributed by atoms with van der Waals surface area (Å²) in [6, 6.07) is 15.3.